The molecule has 2 aromatic rings. The van der Waals surface area contributed by atoms with Crippen molar-refractivity contribution in [1.29, 1.82) is 5.41 Å². The molecular weight excluding hydrogens is 440 g/mol. The topological polar surface area (TPSA) is 94.5 Å². The summed E-state index contributed by atoms with van der Waals surface area (Å²) in [7, 11) is 0. The fraction of sp³-hybridized carbons (Fsp3) is 0.464. The minimum absolute atomic E-state index is 0.0649. The van der Waals surface area contributed by atoms with E-state index in [0.29, 0.717) is 37.6 Å². The van der Waals surface area contributed by atoms with Crippen molar-refractivity contribution in [3.8, 4) is 5.75 Å². The summed E-state index contributed by atoms with van der Waals surface area (Å²) in [6.45, 7) is 9.61. The van der Waals surface area contributed by atoms with E-state index >= 15 is 0 Å². The molecule has 0 aromatic heterocycles. The predicted molar refractivity (Wildman–Crippen MR) is 138 cm³/mol. The predicted octanol–water partition coefficient (Wildman–Crippen LogP) is 4.86. The summed E-state index contributed by atoms with van der Waals surface area (Å²) < 4.78 is 5.70. The summed E-state index contributed by atoms with van der Waals surface area (Å²) in [4.78, 5) is 26.9. The van der Waals surface area contributed by atoms with Crippen molar-refractivity contribution in [1.82, 2.24) is 15.5 Å². The molecule has 2 aromatic carbocycles. The van der Waals surface area contributed by atoms with Crippen LogP contribution in [0.1, 0.15) is 74.9 Å². The van der Waals surface area contributed by atoms with Crippen molar-refractivity contribution < 1.29 is 14.3 Å². The van der Waals surface area contributed by atoms with Crippen LogP contribution < -0.4 is 15.4 Å². The number of carbonyl (C=O) groups is 2. The zero-order valence-electron chi connectivity index (χ0n) is 21.3. The van der Waals surface area contributed by atoms with Crippen LogP contribution in [-0.2, 0) is 17.9 Å². The van der Waals surface area contributed by atoms with Crippen LogP contribution in [0, 0.1) is 11.3 Å². The molecule has 0 saturated carbocycles. The second-order valence-electron chi connectivity index (χ2n) is 9.87. The molecule has 0 spiro atoms. The third-order valence-corrected chi connectivity index (χ3v) is 6.15. The highest BCUT2D eigenvalue weighted by Crippen LogP contribution is 2.26. The first-order chi connectivity index (χ1) is 16.7. The Morgan fingerprint density at radius 2 is 1.74 bits per heavy atom. The van der Waals surface area contributed by atoms with Crippen LogP contribution in [0.4, 0.5) is 0 Å². The lowest BCUT2D eigenvalue weighted by Gasteiger charge is -2.24. The number of benzene rings is 2. The molecule has 1 unspecified atom stereocenters. The van der Waals surface area contributed by atoms with Gasteiger partial charge < -0.3 is 15.4 Å². The fourth-order valence-electron chi connectivity index (χ4n) is 4.36. The second-order valence-corrected chi connectivity index (χ2v) is 9.87. The van der Waals surface area contributed by atoms with Crippen molar-refractivity contribution in [2.24, 2.45) is 5.92 Å². The average molecular weight is 479 g/mol. The van der Waals surface area contributed by atoms with Gasteiger partial charge in [-0.1, -0.05) is 57.9 Å². The minimum atomic E-state index is -0.727. The number of hydrogen-bond donors (Lipinski definition) is 3. The summed E-state index contributed by atoms with van der Waals surface area (Å²) in [5.41, 5.74) is 1.76. The maximum absolute atomic E-state index is 12.9. The molecule has 3 rings (SSSR count). The largest absolute Gasteiger partial charge is 0.494 e. The van der Waals surface area contributed by atoms with Gasteiger partial charge in [0.25, 0.3) is 11.8 Å². The van der Waals surface area contributed by atoms with Gasteiger partial charge in [-0.25, -0.2) is 0 Å². The van der Waals surface area contributed by atoms with Crippen LogP contribution in [0.15, 0.2) is 48.5 Å². The van der Waals surface area contributed by atoms with Gasteiger partial charge in [0.15, 0.2) is 5.96 Å². The Kier molecular flexibility index (Phi) is 8.90. The van der Waals surface area contributed by atoms with E-state index in [0.717, 1.165) is 36.1 Å². The SMILES string of the molecule is CCCCCOc1ccc(C(=O)NCc2ccc(CN3C(=N)NC(C)(CC(C)C)C3=O)cc2)cc1. The van der Waals surface area contributed by atoms with E-state index in [1.165, 1.54) is 4.90 Å². The maximum Gasteiger partial charge on any atom is 0.255 e. The van der Waals surface area contributed by atoms with E-state index in [1.54, 1.807) is 12.1 Å². The summed E-state index contributed by atoms with van der Waals surface area (Å²) in [5.74, 6) is 1.06. The number of carbonyl (C=O) groups excluding carboxylic acids is 2. The Bertz CT molecular complexity index is 1020. The van der Waals surface area contributed by atoms with Gasteiger partial charge in [-0.2, -0.15) is 0 Å². The zero-order chi connectivity index (χ0) is 25.4. The van der Waals surface area contributed by atoms with E-state index in [4.69, 9.17) is 10.1 Å². The summed E-state index contributed by atoms with van der Waals surface area (Å²) in [6.07, 6.45) is 4.01. The summed E-state index contributed by atoms with van der Waals surface area (Å²) in [6, 6.07) is 15.0. The van der Waals surface area contributed by atoms with Crippen LogP contribution in [0.2, 0.25) is 0 Å². The summed E-state index contributed by atoms with van der Waals surface area (Å²) in [5, 5.41) is 14.2. The standard InChI is InChI=1S/C28H38N4O3/c1-5-6-7-16-35-24-14-12-23(13-15-24)25(33)30-18-21-8-10-22(11-9-21)19-32-26(34)28(4,17-20(2)3)31-27(32)29/h8-15,20H,5-7,16-19H2,1-4H3,(H2,29,31)(H,30,33). The Labute approximate surface area is 208 Å². The van der Waals surface area contributed by atoms with E-state index in [-0.39, 0.29) is 17.8 Å². The van der Waals surface area contributed by atoms with E-state index < -0.39 is 5.54 Å². The van der Waals surface area contributed by atoms with Crippen LogP contribution >= 0.6 is 0 Å². The highest BCUT2D eigenvalue weighted by atomic mass is 16.5. The molecule has 0 radical (unpaired) electrons. The minimum Gasteiger partial charge on any atom is -0.494 e. The van der Waals surface area contributed by atoms with Gasteiger partial charge in [0.05, 0.1) is 13.2 Å². The van der Waals surface area contributed by atoms with Gasteiger partial charge in [0, 0.05) is 12.1 Å². The van der Waals surface area contributed by atoms with Gasteiger partial charge in [0.1, 0.15) is 11.3 Å². The first-order valence-electron chi connectivity index (χ1n) is 12.5. The third kappa shape index (κ3) is 7.07. The van der Waals surface area contributed by atoms with Crippen molar-refractivity contribution in [2.75, 3.05) is 6.61 Å². The Hall–Kier alpha value is -3.35. The molecular formula is C28H38N4O3. The number of hydrogen-bond acceptors (Lipinski definition) is 4. The maximum atomic E-state index is 12.9. The normalized spacial score (nSPS) is 17.6. The zero-order valence-corrected chi connectivity index (χ0v) is 21.3. The van der Waals surface area contributed by atoms with E-state index in [2.05, 4.69) is 31.4 Å². The first-order valence-corrected chi connectivity index (χ1v) is 12.5. The molecule has 1 fully saturated rings. The second kappa shape index (κ2) is 11.9. The van der Waals surface area contributed by atoms with Crippen molar-refractivity contribution in [2.45, 2.75) is 72.0 Å². The number of amides is 2. The van der Waals surface area contributed by atoms with Crippen LogP contribution in [0.25, 0.3) is 0 Å². The number of rotatable bonds is 12. The lowest BCUT2D eigenvalue weighted by molar-refractivity contribution is -0.131. The lowest BCUT2D eigenvalue weighted by atomic mass is 9.91. The first kappa shape index (κ1) is 26.3. The Balaban J connectivity index is 1.49. The number of guanidine groups is 1. The molecule has 0 aliphatic carbocycles. The molecule has 188 valence electrons. The van der Waals surface area contributed by atoms with Gasteiger partial charge in [-0.15, -0.1) is 0 Å². The molecule has 1 aliphatic rings. The van der Waals surface area contributed by atoms with Gasteiger partial charge in [0.2, 0.25) is 0 Å². The Morgan fingerprint density at radius 1 is 1.09 bits per heavy atom. The number of ether oxygens (including phenoxy) is 1. The van der Waals surface area contributed by atoms with Crippen LogP contribution in [0.3, 0.4) is 0 Å². The summed E-state index contributed by atoms with van der Waals surface area (Å²) >= 11 is 0. The van der Waals surface area contributed by atoms with Gasteiger partial charge >= 0.3 is 0 Å². The van der Waals surface area contributed by atoms with Crippen LogP contribution in [-0.4, -0.2) is 34.8 Å². The number of unbranched alkanes of at least 4 members (excludes halogenated alkanes) is 2. The highest BCUT2D eigenvalue weighted by molar-refractivity contribution is 6.07. The molecule has 7 nitrogen and oxygen atoms in total. The van der Waals surface area contributed by atoms with Crippen molar-refractivity contribution >= 4 is 17.8 Å². The van der Waals surface area contributed by atoms with Crippen molar-refractivity contribution in [3.05, 3.63) is 65.2 Å². The molecule has 0 bridgehead atoms. The van der Waals surface area contributed by atoms with Crippen LogP contribution in [0.5, 0.6) is 5.75 Å². The smallest absolute Gasteiger partial charge is 0.255 e. The fourth-order valence-corrected chi connectivity index (χ4v) is 4.36. The monoisotopic (exact) mass is 478 g/mol. The molecule has 1 saturated heterocycles. The molecule has 1 atom stereocenters. The average Bonchev–Trinajstić information content (AvgIpc) is 3.03. The highest BCUT2D eigenvalue weighted by Gasteiger charge is 2.45. The molecule has 1 aliphatic heterocycles. The molecule has 1 heterocycles. The molecule has 35 heavy (non-hydrogen) atoms. The molecule has 2 amide bonds. The van der Waals surface area contributed by atoms with Gasteiger partial charge in [-0.05, 0) is 61.1 Å². The van der Waals surface area contributed by atoms with E-state index in [9.17, 15) is 9.59 Å². The van der Waals surface area contributed by atoms with Gasteiger partial charge in [-0.3, -0.25) is 19.9 Å². The number of nitrogens with one attached hydrogen (secondary N) is 3. The van der Waals surface area contributed by atoms with Crippen molar-refractivity contribution in [3.63, 3.8) is 0 Å². The quantitative estimate of drug-likeness (QED) is 0.380. The Morgan fingerprint density at radius 3 is 2.37 bits per heavy atom. The lowest BCUT2D eigenvalue weighted by Crippen LogP contribution is -2.44. The molecule has 7 heteroatoms. The molecule has 3 N–H and O–H groups in total. The number of nitrogens with zero attached hydrogens (tertiary/aromatic N) is 1. The third-order valence-electron chi connectivity index (χ3n) is 6.15. The van der Waals surface area contributed by atoms with E-state index in [1.807, 2.05) is 43.3 Å².